The minimum Gasteiger partial charge on any atom is -0.356 e. The number of thiophene rings is 1. The van der Waals surface area contributed by atoms with Crippen molar-refractivity contribution in [3.8, 4) is 10.6 Å². The molecule has 19 heavy (non-hydrogen) atoms. The van der Waals surface area contributed by atoms with Gasteiger partial charge in [0, 0.05) is 24.5 Å². The summed E-state index contributed by atoms with van der Waals surface area (Å²) in [6.07, 6.45) is 2.61. The predicted octanol–water partition coefficient (Wildman–Crippen LogP) is 2.95. The molecule has 0 spiro atoms. The number of hydrogen-bond donors (Lipinski definition) is 1. The Morgan fingerprint density at radius 1 is 1.47 bits per heavy atom. The first-order valence-corrected chi connectivity index (χ1v) is 7.50. The van der Waals surface area contributed by atoms with Gasteiger partial charge in [0.05, 0.1) is 15.0 Å². The Hall–Kier alpha value is -1.27. The zero-order valence-corrected chi connectivity index (χ0v) is 13.1. The second-order valence-electron chi connectivity index (χ2n) is 4.11. The summed E-state index contributed by atoms with van der Waals surface area (Å²) in [7, 11) is 0. The van der Waals surface area contributed by atoms with Gasteiger partial charge in [0.1, 0.15) is 5.82 Å². The van der Waals surface area contributed by atoms with Crippen molar-refractivity contribution < 1.29 is 4.79 Å². The number of nitrogens with one attached hydrogen (secondary N) is 1. The largest absolute Gasteiger partial charge is 0.356 e. The first-order chi connectivity index (χ1) is 9.06. The van der Waals surface area contributed by atoms with Crippen molar-refractivity contribution in [2.75, 3.05) is 6.54 Å². The number of aryl methyl sites for hydroxylation is 1. The molecule has 0 saturated carbocycles. The summed E-state index contributed by atoms with van der Waals surface area (Å²) in [5, 5.41) is 2.80. The first-order valence-electron chi connectivity index (χ1n) is 5.89. The van der Waals surface area contributed by atoms with E-state index in [4.69, 9.17) is 0 Å². The van der Waals surface area contributed by atoms with Crippen molar-refractivity contribution in [1.29, 1.82) is 0 Å². The fraction of sp³-hybridized carbons (Fsp3) is 0.308. The van der Waals surface area contributed by atoms with E-state index in [1.54, 1.807) is 17.5 Å². The highest BCUT2D eigenvalue weighted by molar-refractivity contribution is 9.10. The van der Waals surface area contributed by atoms with E-state index in [-0.39, 0.29) is 5.91 Å². The number of halogens is 1. The van der Waals surface area contributed by atoms with Gasteiger partial charge in [0.15, 0.2) is 0 Å². The van der Waals surface area contributed by atoms with Gasteiger partial charge in [-0.15, -0.1) is 11.3 Å². The molecule has 0 aliphatic heterocycles. The Labute approximate surface area is 124 Å². The standard InChI is InChI=1S/C13H14BrN3OS/c1-8-16-7-11(14)13(17-8)12-4-3-10(19-12)5-6-15-9(2)18/h3-4,7H,5-6H2,1-2H3,(H,15,18). The number of hydrogen-bond acceptors (Lipinski definition) is 4. The highest BCUT2D eigenvalue weighted by Crippen LogP contribution is 2.31. The molecule has 0 aromatic carbocycles. The third-order valence-corrected chi connectivity index (χ3v) is 4.24. The van der Waals surface area contributed by atoms with Gasteiger partial charge in [-0.2, -0.15) is 0 Å². The van der Waals surface area contributed by atoms with Crippen molar-refractivity contribution in [2.45, 2.75) is 20.3 Å². The molecule has 2 heterocycles. The van der Waals surface area contributed by atoms with E-state index < -0.39 is 0 Å². The zero-order valence-electron chi connectivity index (χ0n) is 10.7. The molecule has 0 radical (unpaired) electrons. The highest BCUT2D eigenvalue weighted by atomic mass is 79.9. The van der Waals surface area contributed by atoms with Gasteiger partial charge in [0.2, 0.25) is 5.91 Å². The molecule has 1 amide bonds. The fourth-order valence-electron chi connectivity index (χ4n) is 1.63. The Kier molecular flexibility index (Phi) is 4.66. The van der Waals surface area contributed by atoms with Crippen LogP contribution in [-0.4, -0.2) is 22.4 Å². The normalized spacial score (nSPS) is 10.5. The van der Waals surface area contributed by atoms with Crippen LogP contribution in [0.25, 0.3) is 10.6 Å². The molecule has 4 nitrogen and oxygen atoms in total. The van der Waals surface area contributed by atoms with Gasteiger partial charge in [-0.05, 0) is 41.4 Å². The Bertz CT molecular complexity index is 597. The maximum Gasteiger partial charge on any atom is 0.216 e. The lowest BCUT2D eigenvalue weighted by molar-refractivity contribution is -0.118. The number of aromatic nitrogens is 2. The second-order valence-corrected chi connectivity index (χ2v) is 6.14. The van der Waals surface area contributed by atoms with E-state index in [1.807, 2.05) is 6.92 Å². The molecule has 1 N–H and O–H groups in total. The number of amides is 1. The average molecular weight is 340 g/mol. The van der Waals surface area contributed by atoms with Crippen LogP contribution in [0.1, 0.15) is 17.6 Å². The molecule has 0 unspecified atom stereocenters. The van der Waals surface area contributed by atoms with Crippen LogP contribution in [0.15, 0.2) is 22.8 Å². The van der Waals surface area contributed by atoms with E-state index in [2.05, 4.69) is 43.3 Å². The van der Waals surface area contributed by atoms with Crippen molar-refractivity contribution in [3.05, 3.63) is 33.5 Å². The summed E-state index contributed by atoms with van der Waals surface area (Å²) < 4.78 is 0.897. The first kappa shape index (κ1) is 14.1. The molecule has 100 valence electrons. The van der Waals surface area contributed by atoms with Crippen LogP contribution >= 0.6 is 27.3 Å². The van der Waals surface area contributed by atoms with Gasteiger partial charge in [-0.25, -0.2) is 9.97 Å². The Morgan fingerprint density at radius 2 is 2.26 bits per heavy atom. The van der Waals surface area contributed by atoms with E-state index in [0.29, 0.717) is 6.54 Å². The van der Waals surface area contributed by atoms with E-state index >= 15 is 0 Å². The summed E-state index contributed by atoms with van der Waals surface area (Å²) in [5.41, 5.74) is 0.920. The highest BCUT2D eigenvalue weighted by Gasteiger charge is 2.09. The number of carbonyl (C=O) groups is 1. The van der Waals surface area contributed by atoms with Crippen LogP contribution in [-0.2, 0) is 11.2 Å². The summed E-state index contributed by atoms with van der Waals surface area (Å²) in [6.45, 7) is 4.07. The summed E-state index contributed by atoms with van der Waals surface area (Å²) in [5.74, 6) is 0.761. The van der Waals surface area contributed by atoms with Crippen LogP contribution in [0.3, 0.4) is 0 Å². The zero-order chi connectivity index (χ0) is 13.8. The fourth-order valence-corrected chi connectivity index (χ4v) is 3.18. The smallest absolute Gasteiger partial charge is 0.216 e. The molecule has 6 heteroatoms. The number of carbonyl (C=O) groups excluding carboxylic acids is 1. The topological polar surface area (TPSA) is 54.9 Å². The second kappa shape index (κ2) is 6.25. The summed E-state index contributed by atoms with van der Waals surface area (Å²) >= 11 is 5.16. The SMILES string of the molecule is CC(=O)NCCc1ccc(-c2nc(C)ncc2Br)s1. The van der Waals surface area contributed by atoms with Gasteiger partial charge >= 0.3 is 0 Å². The van der Waals surface area contributed by atoms with Crippen molar-refractivity contribution >= 4 is 33.2 Å². The maximum atomic E-state index is 10.8. The number of rotatable bonds is 4. The van der Waals surface area contributed by atoms with E-state index in [9.17, 15) is 4.79 Å². The molecule has 0 saturated heterocycles. The summed E-state index contributed by atoms with van der Waals surface area (Å²) in [6, 6.07) is 4.13. The lowest BCUT2D eigenvalue weighted by atomic mass is 10.3. The minimum atomic E-state index is 0.00551. The predicted molar refractivity (Wildman–Crippen MR) is 80.2 cm³/mol. The van der Waals surface area contributed by atoms with Crippen molar-refractivity contribution in [3.63, 3.8) is 0 Å². The third kappa shape index (κ3) is 3.84. The molecule has 0 bridgehead atoms. The molecule has 2 aromatic heterocycles. The molecule has 0 fully saturated rings. The van der Waals surface area contributed by atoms with Gasteiger partial charge in [-0.1, -0.05) is 0 Å². The van der Waals surface area contributed by atoms with Crippen LogP contribution < -0.4 is 5.32 Å². The lowest BCUT2D eigenvalue weighted by Gasteiger charge is -2.01. The van der Waals surface area contributed by atoms with Crippen LogP contribution in [0.5, 0.6) is 0 Å². The molecule has 0 atom stereocenters. The van der Waals surface area contributed by atoms with Crippen LogP contribution in [0, 0.1) is 6.92 Å². The molecule has 0 aliphatic carbocycles. The Morgan fingerprint density at radius 3 is 3.00 bits per heavy atom. The summed E-state index contributed by atoms with van der Waals surface area (Å²) in [4.78, 5) is 21.7. The molecule has 2 rings (SSSR count). The minimum absolute atomic E-state index is 0.00551. The van der Waals surface area contributed by atoms with E-state index in [0.717, 1.165) is 27.3 Å². The molecular formula is C13H14BrN3OS. The van der Waals surface area contributed by atoms with Crippen LogP contribution in [0.4, 0.5) is 0 Å². The van der Waals surface area contributed by atoms with Gasteiger partial charge in [0.25, 0.3) is 0 Å². The van der Waals surface area contributed by atoms with Gasteiger partial charge < -0.3 is 5.32 Å². The third-order valence-electron chi connectivity index (χ3n) is 2.50. The van der Waals surface area contributed by atoms with E-state index in [1.165, 1.54) is 11.8 Å². The van der Waals surface area contributed by atoms with Gasteiger partial charge in [-0.3, -0.25) is 4.79 Å². The molecule has 2 aromatic rings. The monoisotopic (exact) mass is 339 g/mol. The lowest BCUT2D eigenvalue weighted by Crippen LogP contribution is -2.21. The van der Waals surface area contributed by atoms with Crippen molar-refractivity contribution in [2.24, 2.45) is 0 Å². The molecular weight excluding hydrogens is 326 g/mol. The quantitative estimate of drug-likeness (QED) is 0.931. The van der Waals surface area contributed by atoms with Crippen LogP contribution in [0.2, 0.25) is 0 Å². The number of nitrogens with zero attached hydrogens (tertiary/aromatic N) is 2. The average Bonchev–Trinajstić information content (AvgIpc) is 2.80. The van der Waals surface area contributed by atoms with Crippen molar-refractivity contribution in [1.82, 2.24) is 15.3 Å². The maximum absolute atomic E-state index is 10.8. The molecule has 0 aliphatic rings. The Balaban J connectivity index is 2.12.